The van der Waals surface area contributed by atoms with Crippen LogP contribution in [0.25, 0.3) is 0 Å². The van der Waals surface area contributed by atoms with Gasteiger partial charge in [0.1, 0.15) is 0 Å². The van der Waals surface area contributed by atoms with Gasteiger partial charge < -0.3 is 0 Å². The van der Waals surface area contributed by atoms with E-state index in [1.165, 1.54) is 74.8 Å². The molecular formula is C23H46SSi. The Labute approximate surface area is 164 Å². The van der Waals surface area contributed by atoms with Crippen molar-refractivity contribution >= 4 is 19.8 Å². The van der Waals surface area contributed by atoms with Crippen molar-refractivity contribution in [3.8, 4) is 0 Å². The molecule has 0 heterocycles. The van der Waals surface area contributed by atoms with Crippen LogP contribution in [0.4, 0.5) is 0 Å². The fourth-order valence-electron chi connectivity index (χ4n) is 5.66. The normalized spacial score (nSPS) is 25.8. The van der Waals surface area contributed by atoms with Crippen molar-refractivity contribution in [1.29, 1.82) is 0 Å². The van der Waals surface area contributed by atoms with E-state index in [9.17, 15) is 0 Å². The Kier molecular flexibility index (Phi) is 10.6. The second-order valence-corrected chi connectivity index (χ2v) is 16.3. The Balaban J connectivity index is 1.37. The molecule has 0 aliphatic heterocycles. The number of unbranched alkanes of at least 4 members (excludes halogenated alkanes) is 8. The van der Waals surface area contributed by atoms with Crippen LogP contribution in [0.5, 0.6) is 0 Å². The van der Waals surface area contributed by atoms with Gasteiger partial charge in [-0.15, -0.1) is 0 Å². The van der Waals surface area contributed by atoms with E-state index in [1.807, 2.05) is 0 Å². The van der Waals surface area contributed by atoms with Gasteiger partial charge in [0.05, 0.1) is 8.07 Å². The fourth-order valence-corrected chi connectivity index (χ4v) is 10.6. The van der Waals surface area contributed by atoms with Gasteiger partial charge in [-0.2, -0.15) is 11.8 Å². The van der Waals surface area contributed by atoms with Crippen LogP contribution in [0.3, 0.4) is 0 Å². The standard InChI is InChI=1S/C23H46SSi/c1-4-16-24-17-12-10-8-6-5-7-9-11-13-18-25(2,3)23-20-21-14-15-22(23)19-21/h21-23H,4-20H2,1-3H3. The zero-order chi connectivity index (χ0) is 18.0. The topological polar surface area (TPSA) is 0 Å². The van der Waals surface area contributed by atoms with Gasteiger partial charge in [0.2, 0.25) is 0 Å². The summed E-state index contributed by atoms with van der Waals surface area (Å²) in [4.78, 5) is 0. The molecule has 2 saturated carbocycles. The van der Waals surface area contributed by atoms with Crippen molar-refractivity contribution in [2.45, 2.75) is 121 Å². The summed E-state index contributed by atoms with van der Waals surface area (Å²) >= 11 is 2.15. The SMILES string of the molecule is CCCSCCCCCCCCCCC[Si](C)(C)C1CC2CCC1C2. The minimum absolute atomic E-state index is 0.926. The Bertz CT molecular complexity index is 341. The van der Waals surface area contributed by atoms with Crippen molar-refractivity contribution in [3.05, 3.63) is 0 Å². The lowest BCUT2D eigenvalue weighted by molar-refractivity contribution is 0.466. The lowest BCUT2D eigenvalue weighted by atomic mass is 10.0. The third-order valence-electron chi connectivity index (χ3n) is 7.20. The van der Waals surface area contributed by atoms with Crippen LogP contribution in [-0.2, 0) is 0 Å². The summed E-state index contributed by atoms with van der Waals surface area (Å²) in [5, 5.41) is 0. The van der Waals surface area contributed by atoms with Crippen molar-refractivity contribution in [2.24, 2.45) is 11.8 Å². The molecule has 0 N–H and O–H groups in total. The molecule has 25 heavy (non-hydrogen) atoms. The van der Waals surface area contributed by atoms with Crippen LogP contribution < -0.4 is 0 Å². The summed E-state index contributed by atoms with van der Waals surface area (Å²) in [6.45, 7) is 7.73. The predicted molar refractivity (Wildman–Crippen MR) is 121 cm³/mol. The molecule has 2 heteroatoms. The predicted octanol–water partition coefficient (Wildman–Crippen LogP) is 8.54. The lowest BCUT2D eigenvalue weighted by Crippen LogP contribution is -2.35. The van der Waals surface area contributed by atoms with E-state index < -0.39 is 8.07 Å². The smallest absolute Gasteiger partial charge is 0.0507 e. The van der Waals surface area contributed by atoms with Crippen LogP contribution in [0.1, 0.15) is 96.8 Å². The molecule has 3 atom stereocenters. The summed E-state index contributed by atoms with van der Waals surface area (Å²) in [5.41, 5.74) is 1.20. The average molecular weight is 383 g/mol. The summed E-state index contributed by atoms with van der Waals surface area (Å²) in [6.07, 6.45) is 21.2. The van der Waals surface area contributed by atoms with Crippen LogP contribution in [0.2, 0.25) is 24.7 Å². The molecule has 0 aromatic carbocycles. The Morgan fingerprint density at radius 2 is 1.40 bits per heavy atom. The van der Waals surface area contributed by atoms with Gasteiger partial charge in [-0.1, -0.05) is 90.3 Å². The molecule has 0 amide bonds. The van der Waals surface area contributed by atoms with E-state index in [0.717, 1.165) is 11.8 Å². The highest BCUT2D eigenvalue weighted by molar-refractivity contribution is 7.99. The van der Waals surface area contributed by atoms with Crippen LogP contribution in [0.15, 0.2) is 0 Å². The number of thioether (sulfide) groups is 1. The van der Waals surface area contributed by atoms with Crippen LogP contribution in [-0.4, -0.2) is 19.6 Å². The molecule has 0 spiro atoms. The highest BCUT2D eigenvalue weighted by Crippen LogP contribution is 2.56. The molecule has 0 saturated heterocycles. The zero-order valence-corrected chi connectivity index (χ0v) is 19.5. The van der Waals surface area contributed by atoms with Crippen LogP contribution >= 0.6 is 11.8 Å². The molecule has 0 aromatic rings. The third-order valence-corrected chi connectivity index (χ3v) is 12.8. The van der Waals surface area contributed by atoms with Crippen molar-refractivity contribution in [2.75, 3.05) is 11.5 Å². The third kappa shape index (κ3) is 7.99. The first-order valence-corrected chi connectivity index (χ1v) is 16.1. The van der Waals surface area contributed by atoms with Crippen molar-refractivity contribution in [1.82, 2.24) is 0 Å². The van der Waals surface area contributed by atoms with Gasteiger partial charge in [-0.05, 0) is 54.6 Å². The maximum atomic E-state index is 2.72. The molecule has 2 aliphatic carbocycles. The first-order valence-electron chi connectivity index (χ1n) is 11.7. The molecule has 2 bridgehead atoms. The molecule has 0 radical (unpaired) electrons. The van der Waals surface area contributed by atoms with Gasteiger partial charge in [0, 0.05) is 0 Å². The highest BCUT2D eigenvalue weighted by Gasteiger charge is 2.46. The second kappa shape index (κ2) is 12.1. The number of rotatable bonds is 15. The van der Waals surface area contributed by atoms with E-state index in [0.29, 0.717) is 0 Å². The van der Waals surface area contributed by atoms with E-state index in [2.05, 4.69) is 31.8 Å². The monoisotopic (exact) mass is 382 g/mol. The summed E-state index contributed by atoms with van der Waals surface area (Å²) < 4.78 is 0. The quantitative estimate of drug-likeness (QED) is 0.202. The first kappa shape index (κ1) is 21.9. The van der Waals surface area contributed by atoms with E-state index >= 15 is 0 Å². The number of fused-ring (bicyclic) bond motifs is 2. The van der Waals surface area contributed by atoms with Crippen LogP contribution in [0, 0.1) is 11.8 Å². The molecule has 2 rings (SSSR count). The van der Waals surface area contributed by atoms with E-state index in [1.54, 1.807) is 38.1 Å². The Morgan fingerprint density at radius 3 is 1.96 bits per heavy atom. The van der Waals surface area contributed by atoms with Gasteiger partial charge in [0.15, 0.2) is 0 Å². The van der Waals surface area contributed by atoms with Gasteiger partial charge in [0.25, 0.3) is 0 Å². The molecule has 2 aliphatic rings. The van der Waals surface area contributed by atoms with E-state index in [4.69, 9.17) is 0 Å². The Hall–Kier alpha value is 0.567. The minimum Gasteiger partial charge on any atom is -0.162 e. The number of hydrogen-bond acceptors (Lipinski definition) is 1. The lowest BCUT2D eigenvalue weighted by Gasteiger charge is -2.36. The highest BCUT2D eigenvalue weighted by atomic mass is 32.2. The molecule has 0 nitrogen and oxygen atoms in total. The largest absolute Gasteiger partial charge is 0.162 e. The minimum atomic E-state index is -0.926. The molecule has 2 fully saturated rings. The average Bonchev–Trinajstić information content (AvgIpc) is 3.22. The summed E-state index contributed by atoms with van der Waals surface area (Å²) in [7, 11) is -0.926. The fraction of sp³-hybridized carbons (Fsp3) is 1.00. The van der Waals surface area contributed by atoms with Gasteiger partial charge in [-0.3, -0.25) is 0 Å². The van der Waals surface area contributed by atoms with Crippen molar-refractivity contribution in [3.63, 3.8) is 0 Å². The van der Waals surface area contributed by atoms with E-state index in [-0.39, 0.29) is 0 Å². The molecular weight excluding hydrogens is 336 g/mol. The molecule has 3 unspecified atom stereocenters. The maximum absolute atomic E-state index is 2.72. The summed E-state index contributed by atoms with van der Waals surface area (Å²) in [6, 6.07) is 1.62. The Morgan fingerprint density at radius 1 is 0.760 bits per heavy atom. The van der Waals surface area contributed by atoms with Gasteiger partial charge in [-0.25, -0.2) is 0 Å². The van der Waals surface area contributed by atoms with Gasteiger partial charge >= 0.3 is 0 Å². The summed E-state index contributed by atoms with van der Waals surface area (Å²) in [5.74, 6) is 5.07. The molecule has 148 valence electrons. The first-order chi connectivity index (χ1) is 12.1. The van der Waals surface area contributed by atoms with Crippen molar-refractivity contribution < 1.29 is 0 Å². The molecule has 0 aromatic heterocycles. The number of hydrogen-bond donors (Lipinski definition) is 0. The zero-order valence-electron chi connectivity index (χ0n) is 17.7. The maximum Gasteiger partial charge on any atom is 0.0507 e. The second-order valence-electron chi connectivity index (χ2n) is 9.81.